The molecule has 220 valence electrons. The molecule has 3 heterocycles. The Hall–Kier alpha value is -3.50. The summed E-state index contributed by atoms with van der Waals surface area (Å²) >= 11 is 0. The maximum atomic E-state index is 13.5. The fourth-order valence-electron chi connectivity index (χ4n) is 4.90. The highest BCUT2D eigenvalue weighted by Gasteiger charge is 2.34. The summed E-state index contributed by atoms with van der Waals surface area (Å²) in [6, 6.07) is 11.2. The highest BCUT2D eigenvalue weighted by molar-refractivity contribution is 5.86. The lowest BCUT2D eigenvalue weighted by atomic mass is 9.92. The largest absolute Gasteiger partial charge is 0.389 e. The van der Waals surface area contributed by atoms with Crippen LogP contribution in [0.4, 0.5) is 10.3 Å². The molecule has 2 unspecified atom stereocenters. The number of aromatic nitrogens is 2. The maximum Gasteiger partial charge on any atom is 0.244 e. The zero-order valence-electron chi connectivity index (χ0n) is 24.3. The Bertz CT molecular complexity index is 1190. The zero-order chi connectivity index (χ0) is 29.6. The first-order valence-corrected chi connectivity index (χ1v) is 14.4. The van der Waals surface area contributed by atoms with E-state index in [1.807, 2.05) is 55.3 Å². The number of carbonyl (C=O) groups is 1. The fraction of sp³-hybridized carbons (Fsp3) is 0.406. The molecule has 0 bridgehead atoms. The Morgan fingerprint density at radius 1 is 1.20 bits per heavy atom. The summed E-state index contributed by atoms with van der Waals surface area (Å²) in [4.78, 5) is 21.3. The molecule has 1 fully saturated rings. The summed E-state index contributed by atoms with van der Waals surface area (Å²) in [7, 11) is 0. The number of rotatable bonds is 12. The number of nitrogens with zero attached hydrogens (tertiary/aromatic N) is 4. The summed E-state index contributed by atoms with van der Waals surface area (Å²) in [5.74, 6) is 0.0630. The predicted molar refractivity (Wildman–Crippen MR) is 162 cm³/mol. The van der Waals surface area contributed by atoms with Crippen molar-refractivity contribution in [2.24, 2.45) is 5.92 Å². The van der Waals surface area contributed by atoms with Gasteiger partial charge in [-0.3, -0.25) is 10.2 Å². The van der Waals surface area contributed by atoms with Gasteiger partial charge in [-0.1, -0.05) is 69.0 Å². The van der Waals surface area contributed by atoms with Gasteiger partial charge >= 0.3 is 0 Å². The molecule has 3 N–H and O–H groups in total. The van der Waals surface area contributed by atoms with Crippen molar-refractivity contribution in [3.63, 3.8) is 0 Å². The Morgan fingerprint density at radius 2 is 1.88 bits per heavy atom. The van der Waals surface area contributed by atoms with Crippen molar-refractivity contribution < 1.29 is 14.3 Å². The number of hydrogen-bond acceptors (Lipinski definition) is 8. The standard InChI is InChI=1S/C30H37FN6O2.C2H6/c1-3-25(31)12-7-9-22(2)27-19-28(37(35-27)30-32-15-8-16-33-30)24-13-17-36(18-14-24)34-20-26(29(39)21-38)23-10-5-4-6-11-23;1-2/h3-11,15-16,19,24,26-27,34-35,38H,2,12-14,17-18,20-21H2,1H3;1-2H3/b9-7-,25-3+;. The normalized spacial score (nSPS) is 19.0. The Kier molecular flexibility index (Phi) is 13.0. The number of anilines is 1. The summed E-state index contributed by atoms with van der Waals surface area (Å²) in [6.45, 7) is 11.4. The molecule has 4 rings (SSSR count). The first-order chi connectivity index (χ1) is 20.0. The van der Waals surface area contributed by atoms with Gasteiger partial charge in [-0.2, -0.15) is 0 Å². The first kappa shape index (κ1) is 32.0. The molecule has 2 aliphatic rings. The Balaban J connectivity index is 0.00000226. The van der Waals surface area contributed by atoms with Gasteiger partial charge in [0.1, 0.15) is 6.61 Å². The third-order valence-electron chi connectivity index (χ3n) is 7.15. The predicted octanol–water partition coefficient (Wildman–Crippen LogP) is 5.02. The second-order valence-corrected chi connectivity index (χ2v) is 9.71. The number of benzene rings is 1. The van der Waals surface area contributed by atoms with E-state index < -0.39 is 12.5 Å². The summed E-state index contributed by atoms with van der Waals surface area (Å²) < 4.78 is 13.5. The zero-order valence-corrected chi connectivity index (χ0v) is 24.3. The van der Waals surface area contributed by atoms with Crippen LogP contribution in [0.15, 0.2) is 96.8 Å². The molecule has 0 spiro atoms. The molecule has 9 heteroatoms. The number of aliphatic hydroxyl groups excluding tert-OH is 1. The van der Waals surface area contributed by atoms with Crippen LogP contribution < -0.4 is 15.9 Å². The van der Waals surface area contributed by atoms with Gasteiger partial charge in [0.05, 0.1) is 17.8 Å². The van der Waals surface area contributed by atoms with Crippen molar-refractivity contribution >= 4 is 11.7 Å². The van der Waals surface area contributed by atoms with E-state index in [4.69, 9.17) is 0 Å². The molecule has 0 aliphatic carbocycles. The lowest BCUT2D eigenvalue weighted by Gasteiger charge is -2.35. The van der Waals surface area contributed by atoms with Gasteiger partial charge in [0.2, 0.25) is 5.95 Å². The molecule has 2 aliphatic heterocycles. The van der Waals surface area contributed by atoms with Crippen molar-refractivity contribution in [1.29, 1.82) is 0 Å². The highest BCUT2D eigenvalue weighted by Crippen LogP contribution is 2.32. The van der Waals surface area contributed by atoms with Crippen LogP contribution in [0.5, 0.6) is 0 Å². The molecule has 1 aromatic heterocycles. The van der Waals surface area contributed by atoms with E-state index in [2.05, 4.69) is 38.5 Å². The van der Waals surface area contributed by atoms with E-state index in [0.717, 1.165) is 42.8 Å². The number of allylic oxidation sites excluding steroid dienone is 4. The number of halogens is 1. The van der Waals surface area contributed by atoms with Crippen LogP contribution in [0.3, 0.4) is 0 Å². The van der Waals surface area contributed by atoms with Gasteiger partial charge in [-0.25, -0.2) is 29.8 Å². The molecule has 0 saturated carbocycles. The smallest absolute Gasteiger partial charge is 0.244 e. The van der Waals surface area contributed by atoms with Crippen molar-refractivity contribution in [3.05, 3.63) is 102 Å². The lowest BCUT2D eigenvalue weighted by Crippen LogP contribution is -2.47. The van der Waals surface area contributed by atoms with E-state index in [-0.39, 0.29) is 30.0 Å². The van der Waals surface area contributed by atoms with Crippen molar-refractivity contribution in [3.8, 4) is 0 Å². The molecule has 2 aromatic rings. The van der Waals surface area contributed by atoms with E-state index in [1.165, 1.54) is 6.08 Å². The summed E-state index contributed by atoms with van der Waals surface area (Å²) in [6.07, 6.45) is 12.7. The quantitative estimate of drug-likeness (QED) is 0.311. The van der Waals surface area contributed by atoms with E-state index in [1.54, 1.807) is 31.5 Å². The monoisotopic (exact) mass is 562 g/mol. The van der Waals surface area contributed by atoms with Gasteiger partial charge < -0.3 is 5.11 Å². The number of nitrogens with one attached hydrogen (secondary N) is 2. The molecule has 2 atom stereocenters. The van der Waals surface area contributed by atoms with E-state index in [9.17, 15) is 14.3 Å². The number of aliphatic hydroxyl groups is 1. The van der Waals surface area contributed by atoms with Crippen molar-refractivity contribution in [2.45, 2.75) is 52.0 Å². The van der Waals surface area contributed by atoms with Crippen LogP contribution in [-0.4, -0.2) is 58.1 Å². The lowest BCUT2D eigenvalue weighted by molar-refractivity contribution is -0.123. The van der Waals surface area contributed by atoms with E-state index in [0.29, 0.717) is 12.5 Å². The third-order valence-corrected chi connectivity index (χ3v) is 7.15. The molecule has 0 radical (unpaired) electrons. The summed E-state index contributed by atoms with van der Waals surface area (Å²) in [5.41, 5.74) is 9.70. The molecule has 41 heavy (non-hydrogen) atoms. The van der Waals surface area contributed by atoms with Crippen LogP contribution in [0, 0.1) is 5.92 Å². The fourth-order valence-corrected chi connectivity index (χ4v) is 4.90. The van der Waals surface area contributed by atoms with Gasteiger partial charge in [0, 0.05) is 50.1 Å². The van der Waals surface area contributed by atoms with Crippen LogP contribution in [-0.2, 0) is 4.79 Å². The van der Waals surface area contributed by atoms with Gasteiger partial charge in [-0.05, 0) is 43.0 Å². The molecular formula is C32H43FN6O2. The molecule has 1 aromatic carbocycles. The van der Waals surface area contributed by atoms with Gasteiger partial charge in [0.15, 0.2) is 5.78 Å². The highest BCUT2D eigenvalue weighted by atomic mass is 19.1. The second-order valence-electron chi connectivity index (χ2n) is 9.71. The average Bonchev–Trinajstić information content (AvgIpc) is 3.49. The molecular weight excluding hydrogens is 519 g/mol. The third kappa shape index (κ3) is 8.99. The minimum absolute atomic E-state index is 0.152. The number of carbonyl (C=O) groups excluding carboxylic acids is 1. The Labute approximate surface area is 243 Å². The second kappa shape index (κ2) is 16.7. The number of ketones is 1. The number of Topliss-reactive ketones (excluding diaryl/α,β-unsaturated/α-hetero) is 1. The van der Waals surface area contributed by atoms with Crippen LogP contribution >= 0.6 is 0 Å². The summed E-state index contributed by atoms with van der Waals surface area (Å²) in [5, 5.41) is 13.6. The van der Waals surface area contributed by atoms with Crippen LogP contribution in [0.2, 0.25) is 0 Å². The van der Waals surface area contributed by atoms with Crippen molar-refractivity contribution in [2.75, 3.05) is 31.3 Å². The number of piperidine rings is 1. The van der Waals surface area contributed by atoms with Crippen molar-refractivity contribution in [1.82, 2.24) is 25.8 Å². The van der Waals surface area contributed by atoms with E-state index >= 15 is 0 Å². The molecule has 0 amide bonds. The minimum Gasteiger partial charge on any atom is -0.389 e. The van der Waals surface area contributed by atoms with Crippen LogP contribution in [0.1, 0.15) is 51.5 Å². The minimum atomic E-state index is -0.478. The van der Waals surface area contributed by atoms with Gasteiger partial charge in [-0.15, -0.1) is 0 Å². The number of hydrogen-bond donors (Lipinski definition) is 3. The average molecular weight is 563 g/mol. The molecule has 1 saturated heterocycles. The Morgan fingerprint density at radius 3 is 2.51 bits per heavy atom. The van der Waals surface area contributed by atoms with Crippen LogP contribution in [0.25, 0.3) is 0 Å². The van der Waals surface area contributed by atoms with Gasteiger partial charge in [0.25, 0.3) is 0 Å². The molecule has 8 nitrogen and oxygen atoms in total. The maximum absolute atomic E-state index is 13.5. The first-order valence-electron chi connectivity index (χ1n) is 14.4. The topological polar surface area (TPSA) is 93.6 Å². The number of hydrazine groups is 2. The SMILES string of the molecule is C=C(/C=C\C/C(F)=C\C)C1C=C(C2CCN(NCC(C(=O)CO)c3ccccc3)CC2)N(c2ncccn2)N1.CC.